The van der Waals surface area contributed by atoms with Crippen LogP contribution < -0.4 is 14.8 Å². The molecule has 0 bridgehead atoms. The lowest BCUT2D eigenvalue weighted by atomic mass is 9.90. The van der Waals surface area contributed by atoms with Crippen LogP contribution >= 0.6 is 0 Å². The van der Waals surface area contributed by atoms with Crippen molar-refractivity contribution in [3.05, 3.63) is 48.7 Å². The lowest BCUT2D eigenvalue weighted by molar-refractivity contribution is -0.00844. The summed E-state index contributed by atoms with van der Waals surface area (Å²) < 4.78 is 48.7. The van der Waals surface area contributed by atoms with E-state index < -0.39 is 0 Å². The van der Waals surface area contributed by atoms with Gasteiger partial charge in [-0.15, -0.1) is 10.2 Å². The predicted molar refractivity (Wildman–Crippen MR) is 215 cm³/mol. The lowest BCUT2D eigenvalue weighted by Gasteiger charge is -2.38. The third-order valence-corrected chi connectivity index (χ3v) is 10.0. The van der Waals surface area contributed by atoms with Gasteiger partial charge in [-0.05, 0) is 60.7 Å². The topological polar surface area (TPSA) is 200 Å². The minimum atomic E-state index is -0.285. The number of rotatable bonds is 26. The molecule has 320 valence electrons. The molecule has 4 heterocycles. The molecule has 6 rings (SSSR count). The van der Waals surface area contributed by atoms with E-state index >= 15 is 0 Å². The lowest BCUT2D eigenvalue weighted by Crippen LogP contribution is -2.45. The first-order chi connectivity index (χ1) is 29.1. The third kappa shape index (κ3) is 14.2. The second kappa shape index (κ2) is 24.3. The number of anilines is 2. The number of methoxy groups -OCH3 is 1. The van der Waals surface area contributed by atoms with Crippen LogP contribution in [0.4, 0.5) is 11.6 Å². The largest absolute Gasteiger partial charge is 0.487 e. The van der Waals surface area contributed by atoms with Gasteiger partial charge in [0, 0.05) is 57.2 Å². The standard InChI is InChI=1S/C40H57N11O8/c1-31(28-50-30-44-47-48-50)59-38-24-32(4-5-33(38)25-41)34-26-42-40(43-27-34)45-37-29-51(36-8-6-35(7-9-36)49-10-14-54-15-11-49)46-39(37)58-13-3-12-53-18-19-56-22-23-57-21-20-55-17-16-52-2/h4-5,24,26-27,29-31,35-36H,3,6-23,28H2,1-2H3,(H,42,43,45)/t31-,35-,36-/m0/s1. The molecule has 2 aliphatic rings. The van der Waals surface area contributed by atoms with E-state index in [1.165, 1.54) is 6.33 Å². The number of hydrogen-bond donors (Lipinski definition) is 1. The van der Waals surface area contributed by atoms with Gasteiger partial charge in [0.2, 0.25) is 5.95 Å². The second-order valence-electron chi connectivity index (χ2n) is 14.3. The number of nitrogens with zero attached hydrogens (tertiary/aromatic N) is 10. The van der Waals surface area contributed by atoms with Crippen LogP contribution in [0.3, 0.4) is 0 Å². The molecule has 3 aromatic heterocycles. The van der Waals surface area contributed by atoms with Gasteiger partial charge in [-0.25, -0.2) is 14.6 Å². The summed E-state index contributed by atoms with van der Waals surface area (Å²) in [5.41, 5.74) is 2.69. The first-order valence-electron chi connectivity index (χ1n) is 20.4. The van der Waals surface area contributed by atoms with Crippen LogP contribution in [0.2, 0.25) is 0 Å². The van der Waals surface area contributed by atoms with Crippen LogP contribution in [0.5, 0.6) is 11.6 Å². The van der Waals surface area contributed by atoms with Crippen LogP contribution in [0.15, 0.2) is 43.1 Å². The van der Waals surface area contributed by atoms with Crippen molar-refractivity contribution in [1.29, 1.82) is 5.26 Å². The Bertz CT molecular complexity index is 1810. The molecule has 19 heteroatoms. The Balaban J connectivity index is 1.00. The van der Waals surface area contributed by atoms with Crippen molar-refractivity contribution in [2.24, 2.45) is 0 Å². The number of benzene rings is 1. The SMILES string of the molecule is COCCOCCOCCOCCOCCCOc1nn([C@H]2CC[C@H](N3CCOCC3)CC2)cc1Nc1ncc(-c2ccc(C#N)c(O[C@@H](C)Cn3cnnn3)c2)cn1. The molecule has 1 N–H and O–H groups in total. The van der Waals surface area contributed by atoms with Gasteiger partial charge in [-0.1, -0.05) is 6.07 Å². The fourth-order valence-electron chi connectivity index (χ4n) is 6.95. The van der Waals surface area contributed by atoms with E-state index in [1.807, 2.05) is 29.9 Å². The number of hydrogen-bond acceptors (Lipinski definition) is 17. The fraction of sp³-hybridized carbons (Fsp3) is 0.625. The van der Waals surface area contributed by atoms with Gasteiger partial charge < -0.3 is 43.2 Å². The smallest absolute Gasteiger partial charge is 0.256 e. The van der Waals surface area contributed by atoms with Crippen molar-refractivity contribution in [3.8, 4) is 28.8 Å². The monoisotopic (exact) mass is 819 g/mol. The molecule has 2 fully saturated rings. The number of nitriles is 1. The zero-order chi connectivity index (χ0) is 40.9. The summed E-state index contributed by atoms with van der Waals surface area (Å²) >= 11 is 0. The molecule has 1 aromatic carbocycles. The first-order valence-corrected chi connectivity index (χ1v) is 20.4. The molecule has 1 saturated heterocycles. The van der Waals surface area contributed by atoms with Crippen molar-refractivity contribution in [3.63, 3.8) is 0 Å². The first kappa shape index (κ1) is 43.8. The van der Waals surface area contributed by atoms with Crippen LogP contribution in [-0.4, -0.2) is 156 Å². The van der Waals surface area contributed by atoms with E-state index in [0.717, 1.165) is 63.1 Å². The average molecular weight is 820 g/mol. The Hall–Kier alpha value is -4.81. The van der Waals surface area contributed by atoms with Gasteiger partial charge >= 0.3 is 0 Å². The summed E-state index contributed by atoms with van der Waals surface area (Å²) in [6.07, 6.45) is 11.7. The van der Waals surface area contributed by atoms with Gasteiger partial charge in [0.1, 0.15) is 29.9 Å². The van der Waals surface area contributed by atoms with E-state index in [1.54, 1.807) is 30.3 Å². The molecule has 4 aromatic rings. The highest BCUT2D eigenvalue weighted by atomic mass is 16.6. The van der Waals surface area contributed by atoms with Crippen molar-refractivity contribution < 1.29 is 37.9 Å². The molecular formula is C40H57N11O8. The summed E-state index contributed by atoms with van der Waals surface area (Å²) in [5.74, 6) is 1.35. The quantitative estimate of drug-likeness (QED) is 0.0899. The van der Waals surface area contributed by atoms with Crippen LogP contribution in [0.1, 0.15) is 50.6 Å². The second-order valence-corrected chi connectivity index (χ2v) is 14.3. The van der Waals surface area contributed by atoms with Crippen LogP contribution in [0, 0.1) is 11.3 Å². The molecular weight excluding hydrogens is 763 g/mol. The summed E-state index contributed by atoms with van der Waals surface area (Å²) in [4.78, 5) is 11.8. The van der Waals surface area contributed by atoms with Crippen molar-refractivity contribution in [2.75, 3.05) is 105 Å². The highest BCUT2D eigenvalue weighted by Gasteiger charge is 2.29. The normalized spacial score (nSPS) is 17.7. The zero-order valence-corrected chi connectivity index (χ0v) is 34.2. The van der Waals surface area contributed by atoms with Gasteiger partial charge in [-0.2, -0.15) is 5.26 Å². The van der Waals surface area contributed by atoms with Crippen LogP contribution in [0.25, 0.3) is 11.1 Å². The summed E-state index contributed by atoms with van der Waals surface area (Å²) in [5, 5.41) is 29.2. The van der Waals surface area contributed by atoms with Crippen molar-refractivity contribution in [1.82, 2.24) is 44.9 Å². The minimum absolute atomic E-state index is 0.264. The third-order valence-electron chi connectivity index (χ3n) is 10.0. The summed E-state index contributed by atoms with van der Waals surface area (Å²) in [7, 11) is 1.65. The number of morpholine rings is 1. The maximum atomic E-state index is 9.73. The van der Waals surface area contributed by atoms with Crippen molar-refractivity contribution in [2.45, 2.75) is 63.8 Å². The maximum absolute atomic E-state index is 9.73. The molecule has 0 amide bonds. The predicted octanol–water partition coefficient (Wildman–Crippen LogP) is 3.71. The Labute approximate surface area is 345 Å². The minimum Gasteiger partial charge on any atom is -0.487 e. The highest BCUT2D eigenvalue weighted by molar-refractivity contribution is 5.67. The summed E-state index contributed by atoms with van der Waals surface area (Å²) in [6, 6.07) is 8.45. The van der Waals surface area contributed by atoms with Gasteiger partial charge in [0.25, 0.3) is 5.88 Å². The molecule has 1 saturated carbocycles. The molecule has 1 aliphatic carbocycles. The maximum Gasteiger partial charge on any atom is 0.256 e. The average Bonchev–Trinajstić information content (AvgIpc) is 3.94. The van der Waals surface area contributed by atoms with E-state index in [9.17, 15) is 5.26 Å². The van der Waals surface area contributed by atoms with Crippen molar-refractivity contribution >= 4 is 11.6 Å². The Morgan fingerprint density at radius 1 is 0.864 bits per heavy atom. The molecule has 0 radical (unpaired) electrons. The highest BCUT2D eigenvalue weighted by Crippen LogP contribution is 2.35. The molecule has 19 nitrogen and oxygen atoms in total. The molecule has 1 atom stereocenters. The van der Waals surface area contributed by atoms with E-state index in [2.05, 4.69) is 41.8 Å². The Kier molecular flexibility index (Phi) is 18.0. The Morgan fingerprint density at radius 2 is 1.54 bits per heavy atom. The van der Waals surface area contributed by atoms with E-state index in [4.69, 9.17) is 43.0 Å². The van der Waals surface area contributed by atoms with Gasteiger partial charge in [0.15, 0.2) is 0 Å². The molecule has 1 aliphatic heterocycles. The number of tetrazole rings is 1. The Morgan fingerprint density at radius 3 is 2.20 bits per heavy atom. The van der Waals surface area contributed by atoms with Gasteiger partial charge in [-0.3, -0.25) is 9.58 Å². The number of nitrogens with one attached hydrogen (secondary N) is 1. The zero-order valence-electron chi connectivity index (χ0n) is 34.2. The van der Waals surface area contributed by atoms with E-state index in [-0.39, 0.29) is 12.1 Å². The van der Waals surface area contributed by atoms with Crippen LogP contribution in [-0.2, 0) is 35.0 Å². The molecule has 0 unspecified atom stereocenters. The van der Waals surface area contributed by atoms with Gasteiger partial charge in [0.05, 0.1) is 97.0 Å². The number of aromatic nitrogens is 8. The fourth-order valence-corrected chi connectivity index (χ4v) is 6.95. The number of ether oxygens (including phenoxy) is 8. The summed E-state index contributed by atoms with van der Waals surface area (Å²) in [6.45, 7) is 11.1. The molecule has 59 heavy (non-hydrogen) atoms. The van der Waals surface area contributed by atoms with E-state index in [0.29, 0.717) is 114 Å². The molecule has 0 spiro atoms.